The van der Waals surface area contributed by atoms with Crippen molar-refractivity contribution in [3.8, 4) is 0 Å². The maximum atomic E-state index is 13.2. The van der Waals surface area contributed by atoms with Crippen molar-refractivity contribution in [3.63, 3.8) is 0 Å². The van der Waals surface area contributed by atoms with Crippen LogP contribution in [-0.2, 0) is 19.6 Å². The van der Waals surface area contributed by atoms with Crippen molar-refractivity contribution < 1.29 is 17.9 Å². The number of ether oxygens (including phenoxy) is 1. The molecule has 0 N–H and O–H groups in total. The molecule has 1 atom stereocenters. The van der Waals surface area contributed by atoms with Gasteiger partial charge in [0.15, 0.2) is 0 Å². The van der Waals surface area contributed by atoms with Gasteiger partial charge in [-0.25, -0.2) is 8.42 Å². The topological polar surface area (TPSA) is 63.7 Å². The Kier molecular flexibility index (Phi) is 3.92. The van der Waals surface area contributed by atoms with E-state index in [0.717, 1.165) is 10.8 Å². The van der Waals surface area contributed by atoms with Gasteiger partial charge >= 0.3 is 5.97 Å². The number of esters is 1. The molecular weight excluding hydrogens is 350 g/mol. The monoisotopic (exact) mass is 367 g/mol. The lowest BCUT2D eigenvalue weighted by Gasteiger charge is -2.25. The molecule has 1 unspecified atom stereocenters. The van der Waals surface area contributed by atoms with Crippen LogP contribution in [0.1, 0.15) is 18.0 Å². The molecule has 5 nitrogen and oxygen atoms in total. The average molecular weight is 367 g/mol. The molecule has 0 bridgehead atoms. The summed E-state index contributed by atoms with van der Waals surface area (Å²) in [6, 6.07) is 19.4. The number of carbonyl (C=O) groups is 1. The standard InChI is InChI=1S/C20H17NO4S/c1-25-20(22)13-18-17-8-4-5-9-19(17)26(23,24)21(18)16-11-10-14-6-2-3-7-15(14)12-16/h2-12,18H,13H2,1H3. The molecule has 6 heteroatoms. The molecule has 0 spiro atoms. The Bertz CT molecular complexity index is 1110. The van der Waals surface area contributed by atoms with E-state index in [1.165, 1.54) is 11.4 Å². The molecule has 4 rings (SSSR count). The zero-order chi connectivity index (χ0) is 18.3. The van der Waals surface area contributed by atoms with Crippen LogP contribution in [-0.4, -0.2) is 21.5 Å². The van der Waals surface area contributed by atoms with Gasteiger partial charge in [-0.05, 0) is 34.5 Å². The lowest BCUT2D eigenvalue weighted by Crippen LogP contribution is -2.29. The molecule has 0 amide bonds. The van der Waals surface area contributed by atoms with E-state index in [0.29, 0.717) is 11.3 Å². The van der Waals surface area contributed by atoms with Crippen molar-refractivity contribution >= 4 is 32.5 Å². The van der Waals surface area contributed by atoms with Crippen molar-refractivity contribution in [3.05, 3.63) is 72.3 Å². The lowest BCUT2D eigenvalue weighted by molar-refractivity contribution is -0.141. The molecule has 1 heterocycles. The van der Waals surface area contributed by atoms with E-state index in [1.54, 1.807) is 30.3 Å². The summed E-state index contributed by atoms with van der Waals surface area (Å²) in [5.41, 5.74) is 1.15. The summed E-state index contributed by atoms with van der Waals surface area (Å²) < 4.78 is 32.5. The Morgan fingerprint density at radius 2 is 1.69 bits per heavy atom. The number of hydrogen-bond donors (Lipinski definition) is 0. The number of rotatable bonds is 3. The third-order valence-corrected chi connectivity index (χ3v) is 6.58. The molecule has 0 aromatic heterocycles. The molecule has 3 aromatic carbocycles. The molecule has 1 aliphatic rings. The van der Waals surface area contributed by atoms with Gasteiger partial charge in [0.05, 0.1) is 30.2 Å². The first-order valence-electron chi connectivity index (χ1n) is 8.21. The fraction of sp³-hybridized carbons (Fsp3) is 0.150. The number of methoxy groups -OCH3 is 1. The van der Waals surface area contributed by atoms with Gasteiger partial charge in [-0.2, -0.15) is 0 Å². The highest BCUT2D eigenvalue weighted by Crippen LogP contribution is 2.44. The zero-order valence-electron chi connectivity index (χ0n) is 14.1. The summed E-state index contributed by atoms with van der Waals surface area (Å²) in [5.74, 6) is -0.451. The van der Waals surface area contributed by atoms with E-state index in [1.807, 2.05) is 36.4 Å². The van der Waals surface area contributed by atoms with E-state index in [2.05, 4.69) is 0 Å². The maximum absolute atomic E-state index is 13.2. The second kappa shape index (κ2) is 6.14. The summed E-state index contributed by atoms with van der Waals surface area (Å²) in [4.78, 5) is 12.2. The van der Waals surface area contributed by atoms with E-state index in [9.17, 15) is 13.2 Å². The van der Waals surface area contributed by atoms with E-state index < -0.39 is 22.0 Å². The van der Waals surface area contributed by atoms with Crippen LogP contribution in [0.4, 0.5) is 5.69 Å². The minimum absolute atomic E-state index is 0.0421. The summed E-state index contributed by atoms with van der Waals surface area (Å²) >= 11 is 0. The van der Waals surface area contributed by atoms with Gasteiger partial charge in [0.1, 0.15) is 0 Å². The number of hydrogen-bond acceptors (Lipinski definition) is 4. The van der Waals surface area contributed by atoms with Crippen LogP contribution >= 0.6 is 0 Å². The van der Waals surface area contributed by atoms with Gasteiger partial charge in [-0.15, -0.1) is 0 Å². The summed E-state index contributed by atoms with van der Waals surface area (Å²) in [6.45, 7) is 0. The van der Waals surface area contributed by atoms with Crippen molar-refractivity contribution in [1.29, 1.82) is 0 Å². The van der Waals surface area contributed by atoms with Crippen LogP contribution in [0.15, 0.2) is 71.6 Å². The van der Waals surface area contributed by atoms with Crippen LogP contribution in [0.3, 0.4) is 0 Å². The fourth-order valence-corrected chi connectivity index (χ4v) is 5.34. The van der Waals surface area contributed by atoms with E-state index >= 15 is 0 Å². The van der Waals surface area contributed by atoms with Gasteiger partial charge in [0.25, 0.3) is 10.0 Å². The van der Waals surface area contributed by atoms with Crippen molar-refractivity contribution in [2.24, 2.45) is 0 Å². The van der Waals surface area contributed by atoms with Crippen molar-refractivity contribution in [2.45, 2.75) is 17.4 Å². The van der Waals surface area contributed by atoms with Crippen LogP contribution in [0.2, 0.25) is 0 Å². The van der Waals surface area contributed by atoms with E-state index in [-0.39, 0.29) is 11.3 Å². The van der Waals surface area contributed by atoms with Crippen LogP contribution in [0, 0.1) is 0 Å². The number of benzene rings is 3. The van der Waals surface area contributed by atoms with Gasteiger partial charge in [0.2, 0.25) is 0 Å². The minimum Gasteiger partial charge on any atom is -0.469 e. The largest absolute Gasteiger partial charge is 0.469 e. The Labute approximate surface area is 151 Å². The first kappa shape index (κ1) is 16.6. The molecule has 132 valence electrons. The maximum Gasteiger partial charge on any atom is 0.307 e. The Balaban J connectivity index is 1.90. The first-order chi connectivity index (χ1) is 12.5. The van der Waals surface area contributed by atoms with Gasteiger partial charge in [0, 0.05) is 0 Å². The number of carbonyl (C=O) groups excluding carboxylic acids is 1. The SMILES string of the molecule is COC(=O)CC1c2ccccc2S(=O)(=O)N1c1ccc2ccccc2c1. The number of anilines is 1. The zero-order valence-corrected chi connectivity index (χ0v) is 14.9. The smallest absolute Gasteiger partial charge is 0.307 e. The first-order valence-corrected chi connectivity index (χ1v) is 9.65. The van der Waals surface area contributed by atoms with Crippen LogP contribution < -0.4 is 4.31 Å². The Morgan fingerprint density at radius 3 is 2.46 bits per heavy atom. The molecule has 0 saturated heterocycles. The second-order valence-corrected chi connectivity index (χ2v) is 7.95. The van der Waals surface area contributed by atoms with E-state index in [4.69, 9.17) is 4.74 Å². The molecule has 0 radical (unpaired) electrons. The van der Waals surface area contributed by atoms with Gasteiger partial charge < -0.3 is 4.74 Å². The number of nitrogens with zero attached hydrogens (tertiary/aromatic N) is 1. The molecule has 1 aliphatic heterocycles. The Morgan fingerprint density at radius 1 is 1.00 bits per heavy atom. The van der Waals surface area contributed by atoms with Crippen molar-refractivity contribution in [1.82, 2.24) is 0 Å². The molecule has 26 heavy (non-hydrogen) atoms. The highest BCUT2D eigenvalue weighted by molar-refractivity contribution is 7.93. The quantitative estimate of drug-likeness (QED) is 0.663. The fourth-order valence-electron chi connectivity index (χ4n) is 3.46. The summed E-state index contributed by atoms with van der Waals surface area (Å²) in [5, 5.41) is 1.96. The van der Waals surface area contributed by atoms with Crippen molar-refractivity contribution in [2.75, 3.05) is 11.4 Å². The Hall–Kier alpha value is -2.86. The molecule has 0 fully saturated rings. The molecular formula is C20H17NO4S. The van der Waals surface area contributed by atoms with Gasteiger partial charge in [-0.1, -0.05) is 48.5 Å². The summed E-state index contributed by atoms with van der Waals surface area (Å²) in [6.07, 6.45) is -0.0421. The van der Waals surface area contributed by atoms with Gasteiger partial charge in [-0.3, -0.25) is 9.10 Å². The highest BCUT2D eigenvalue weighted by atomic mass is 32.2. The summed E-state index contributed by atoms with van der Waals surface area (Å²) in [7, 11) is -2.44. The average Bonchev–Trinajstić information content (AvgIpc) is 2.88. The number of sulfonamides is 1. The lowest BCUT2D eigenvalue weighted by atomic mass is 10.0. The highest BCUT2D eigenvalue weighted by Gasteiger charge is 2.43. The third kappa shape index (κ3) is 2.54. The normalized spacial score (nSPS) is 17.9. The predicted molar refractivity (Wildman–Crippen MR) is 99.4 cm³/mol. The second-order valence-electron chi connectivity index (χ2n) is 6.17. The number of fused-ring (bicyclic) bond motifs is 2. The molecule has 0 saturated carbocycles. The minimum atomic E-state index is -3.75. The predicted octanol–water partition coefficient (Wildman–Crippen LogP) is 3.65. The third-order valence-electron chi connectivity index (χ3n) is 4.67. The van der Waals surface area contributed by atoms with Crippen LogP contribution in [0.5, 0.6) is 0 Å². The molecule has 3 aromatic rings. The molecule has 0 aliphatic carbocycles. The van der Waals surface area contributed by atoms with Crippen LogP contribution in [0.25, 0.3) is 10.8 Å².